The molecule has 3 unspecified atom stereocenters. The summed E-state index contributed by atoms with van der Waals surface area (Å²) in [5, 5.41) is 0. The molecule has 3 atom stereocenters. The highest BCUT2D eigenvalue weighted by molar-refractivity contribution is 4.79. The molecule has 1 saturated carbocycles. The van der Waals surface area contributed by atoms with E-state index in [0.717, 1.165) is 11.8 Å². The molecule has 1 rings (SSSR count). The molecule has 0 aliphatic heterocycles. The van der Waals surface area contributed by atoms with E-state index in [-0.39, 0.29) is 0 Å². The van der Waals surface area contributed by atoms with Gasteiger partial charge >= 0.3 is 0 Å². The second kappa shape index (κ2) is 3.38. The molecular weight excluding hydrogens is 122 g/mol. The predicted molar refractivity (Wildman–Crippen MR) is 44.8 cm³/mol. The molecule has 1 nitrogen and oxygen atoms in total. The molecule has 0 aromatic rings. The van der Waals surface area contributed by atoms with Crippen molar-refractivity contribution in [3.63, 3.8) is 0 Å². The van der Waals surface area contributed by atoms with E-state index < -0.39 is 0 Å². The Morgan fingerprint density at radius 3 is 2.60 bits per heavy atom. The van der Waals surface area contributed by atoms with Crippen molar-refractivity contribution in [1.82, 2.24) is 0 Å². The summed E-state index contributed by atoms with van der Waals surface area (Å²) in [5.41, 5.74) is 5.95. The summed E-state index contributed by atoms with van der Waals surface area (Å²) in [6.07, 6.45) is 5.22. The van der Waals surface area contributed by atoms with Gasteiger partial charge in [-0.2, -0.15) is 0 Å². The highest BCUT2D eigenvalue weighted by atomic mass is 14.7. The maximum absolute atomic E-state index is 5.95. The Labute approximate surface area is 64.0 Å². The van der Waals surface area contributed by atoms with Gasteiger partial charge in [-0.15, -0.1) is 0 Å². The number of hydrogen-bond acceptors (Lipinski definition) is 1. The number of rotatable bonds is 1. The number of nitrogens with two attached hydrogens (primary N) is 1. The first-order valence-electron chi connectivity index (χ1n) is 4.49. The minimum absolute atomic E-state index is 0.501. The molecule has 0 aromatic carbocycles. The van der Waals surface area contributed by atoms with Gasteiger partial charge < -0.3 is 5.73 Å². The van der Waals surface area contributed by atoms with Gasteiger partial charge in [-0.05, 0) is 31.1 Å². The molecule has 0 saturated heterocycles. The second-order valence-electron chi connectivity index (χ2n) is 3.75. The van der Waals surface area contributed by atoms with Gasteiger partial charge in [-0.3, -0.25) is 0 Å². The van der Waals surface area contributed by atoms with Gasteiger partial charge in [0.25, 0.3) is 0 Å². The van der Waals surface area contributed by atoms with Gasteiger partial charge in [0.1, 0.15) is 0 Å². The predicted octanol–water partition coefficient (Wildman–Crippen LogP) is 2.16. The second-order valence-corrected chi connectivity index (χ2v) is 3.75. The van der Waals surface area contributed by atoms with E-state index in [0.29, 0.717) is 6.04 Å². The smallest absolute Gasteiger partial charge is 0.00672 e. The summed E-state index contributed by atoms with van der Waals surface area (Å²) in [5.74, 6) is 1.73. The molecule has 0 bridgehead atoms. The largest absolute Gasteiger partial charge is 0.327 e. The monoisotopic (exact) mass is 141 g/mol. The molecule has 0 aromatic heterocycles. The first-order valence-corrected chi connectivity index (χ1v) is 4.49. The van der Waals surface area contributed by atoms with Crippen molar-refractivity contribution < 1.29 is 0 Å². The SMILES string of the molecule is CCC1CC(C)CCC1N. The molecule has 10 heavy (non-hydrogen) atoms. The Morgan fingerprint density at radius 1 is 1.40 bits per heavy atom. The first-order chi connectivity index (χ1) is 4.74. The fourth-order valence-electron chi connectivity index (χ4n) is 1.99. The molecule has 0 amide bonds. The highest BCUT2D eigenvalue weighted by Gasteiger charge is 2.23. The topological polar surface area (TPSA) is 26.0 Å². The molecular formula is C9H19N. The zero-order valence-corrected chi connectivity index (χ0v) is 7.14. The summed E-state index contributed by atoms with van der Waals surface area (Å²) in [6, 6.07) is 0.501. The molecule has 1 fully saturated rings. The van der Waals surface area contributed by atoms with E-state index in [9.17, 15) is 0 Å². The van der Waals surface area contributed by atoms with Crippen LogP contribution in [0, 0.1) is 11.8 Å². The van der Waals surface area contributed by atoms with Crippen molar-refractivity contribution in [3.8, 4) is 0 Å². The van der Waals surface area contributed by atoms with Crippen LogP contribution in [0.15, 0.2) is 0 Å². The van der Waals surface area contributed by atoms with Crippen LogP contribution in [-0.2, 0) is 0 Å². The summed E-state index contributed by atoms with van der Waals surface area (Å²) in [6.45, 7) is 4.59. The zero-order valence-electron chi connectivity index (χ0n) is 7.14. The van der Waals surface area contributed by atoms with Crippen LogP contribution in [0.3, 0.4) is 0 Å². The van der Waals surface area contributed by atoms with Crippen molar-refractivity contribution in [1.29, 1.82) is 0 Å². The van der Waals surface area contributed by atoms with Crippen molar-refractivity contribution in [2.24, 2.45) is 17.6 Å². The Morgan fingerprint density at radius 2 is 2.10 bits per heavy atom. The third-order valence-electron chi connectivity index (χ3n) is 2.83. The molecule has 0 heterocycles. The lowest BCUT2D eigenvalue weighted by Crippen LogP contribution is -2.35. The van der Waals surface area contributed by atoms with Crippen LogP contribution in [0.5, 0.6) is 0 Å². The van der Waals surface area contributed by atoms with Crippen LogP contribution < -0.4 is 5.73 Å². The average molecular weight is 141 g/mol. The fraction of sp³-hybridized carbons (Fsp3) is 1.00. The third kappa shape index (κ3) is 1.72. The minimum atomic E-state index is 0.501. The van der Waals surface area contributed by atoms with Crippen molar-refractivity contribution in [3.05, 3.63) is 0 Å². The molecule has 2 N–H and O–H groups in total. The molecule has 0 spiro atoms. The van der Waals surface area contributed by atoms with Gasteiger partial charge in [0, 0.05) is 6.04 Å². The van der Waals surface area contributed by atoms with Crippen LogP contribution in [0.4, 0.5) is 0 Å². The zero-order chi connectivity index (χ0) is 7.56. The van der Waals surface area contributed by atoms with E-state index in [2.05, 4.69) is 13.8 Å². The normalized spacial score (nSPS) is 41.7. The molecule has 1 heteroatoms. The first kappa shape index (κ1) is 8.06. The average Bonchev–Trinajstić information content (AvgIpc) is 1.94. The van der Waals surface area contributed by atoms with Gasteiger partial charge in [0.05, 0.1) is 0 Å². The summed E-state index contributed by atoms with van der Waals surface area (Å²) in [7, 11) is 0. The molecule has 60 valence electrons. The van der Waals surface area contributed by atoms with Crippen LogP contribution in [0.2, 0.25) is 0 Å². The van der Waals surface area contributed by atoms with E-state index in [4.69, 9.17) is 5.73 Å². The van der Waals surface area contributed by atoms with E-state index in [1.807, 2.05) is 0 Å². The lowest BCUT2D eigenvalue weighted by atomic mass is 9.78. The van der Waals surface area contributed by atoms with Crippen LogP contribution in [0.25, 0.3) is 0 Å². The maximum atomic E-state index is 5.95. The Bertz CT molecular complexity index is 101. The highest BCUT2D eigenvalue weighted by Crippen LogP contribution is 2.29. The Kier molecular flexibility index (Phi) is 2.72. The molecule has 1 aliphatic rings. The summed E-state index contributed by atoms with van der Waals surface area (Å²) in [4.78, 5) is 0. The maximum Gasteiger partial charge on any atom is 0.00672 e. The van der Waals surface area contributed by atoms with Crippen molar-refractivity contribution >= 4 is 0 Å². The molecule has 0 radical (unpaired) electrons. The van der Waals surface area contributed by atoms with Crippen LogP contribution in [0.1, 0.15) is 39.5 Å². The Hall–Kier alpha value is -0.0400. The van der Waals surface area contributed by atoms with Gasteiger partial charge in [0.2, 0.25) is 0 Å². The summed E-state index contributed by atoms with van der Waals surface area (Å²) >= 11 is 0. The standard InChI is InChI=1S/C9H19N/c1-3-8-6-7(2)4-5-9(8)10/h7-9H,3-6,10H2,1-2H3. The van der Waals surface area contributed by atoms with Crippen LogP contribution in [-0.4, -0.2) is 6.04 Å². The van der Waals surface area contributed by atoms with Gasteiger partial charge in [0.15, 0.2) is 0 Å². The minimum Gasteiger partial charge on any atom is -0.327 e. The fourth-order valence-corrected chi connectivity index (χ4v) is 1.99. The van der Waals surface area contributed by atoms with Crippen LogP contribution >= 0.6 is 0 Å². The quantitative estimate of drug-likeness (QED) is 0.595. The number of hydrogen-bond donors (Lipinski definition) is 1. The van der Waals surface area contributed by atoms with Crippen molar-refractivity contribution in [2.75, 3.05) is 0 Å². The van der Waals surface area contributed by atoms with E-state index in [1.165, 1.54) is 25.7 Å². The van der Waals surface area contributed by atoms with Gasteiger partial charge in [-0.1, -0.05) is 20.3 Å². The van der Waals surface area contributed by atoms with E-state index in [1.54, 1.807) is 0 Å². The lowest BCUT2D eigenvalue weighted by molar-refractivity contribution is 0.240. The van der Waals surface area contributed by atoms with Gasteiger partial charge in [-0.25, -0.2) is 0 Å². The summed E-state index contributed by atoms with van der Waals surface area (Å²) < 4.78 is 0. The molecule has 1 aliphatic carbocycles. The lowest BCUT2D eigenvalue weighted by Gasteiger charge is -2.31. The van der Waals surface area contributed by atoms with E-state index >= 15 is 0 Å². The van der Waals surface area contributed by atoms with Crippen molar-refractivity contribution in [2.45, 2.75) is 45.6 Å². The third-order valence-corrected chi connectivity index (χ3v) is 2.83. The Balaban J connectivity index is 2.38.